The summed E-state index contributed by atoms with van der Waals surface area (Å²) in [5.41, 5.74) is 1.22. The van der Waals surface area contributed by atoms with E-state index < -0.39 is 12.7 Å². The molecule has 2 fully saturated rings. The fourth-order valence-corrected chi connectivity index (χ4v) is 3.21. The number of halogens is 3. The van der Waals surface area contributed by atoms with Gasteiger partial charge in [-0.1, -0.05) is 0 Å². The number of hydrogen-bond donors (Lipinski definition) is 1. The van der Waals surface area contributed by atoms with Crippen LogP contribution in [-0.4, -0.2) is 22.7 Å². The molecule has 0 unspecified atom stereocenters. The highest BCUT2D eigenvalue weighted by Crippen LogP contribution is 2.44. The van der Waals surface area contributed by atoms with Crippen molar-refractivity contribution in [3.63, 3.8) is 0 Å². The average molecular weight is 314 g/mol. The van der Waals surface area contributed by atoms with Crippen molar-refractivity contribution in [2.24, 2.45) is 11.8 Å². The lowest BCUT2D eigenvalue weighted by Gasteiger charge is -2.18. The zero-order valence-corrected chi connectivity index (χ0v) is 12.8. The molecule has 2 aliphatic carbocycles. The van der Waals surface area contributed by atoms with Gasteiger partial charge < -0.3 is 9.88 Å². The molecule has 1 aromatic rings. The number of carbonyl (C=O) groups is 1. The summed E-state index contributed by atoms with van der Waals surface area (Å²) < 4.78 is 39.1. The SMILES string of the molecule is Cc1cc(C(=O)NC(C2CC2)C2CC2)c(C)n1CC(F)(F)F. The second kappa shape index (κ2) is 5.32. The summed E-state index contributed by atoms with van der Waals surface area (Å²) in [7, 11) is 0. The van der Waals surface area contributed by atoms with Gasteiger partial charge in [-0.15, -0.1) is 0 Å². The molecular weight excluding hydrogens is 293 g/mol. The van der Waals surface area contributed by atoms with Crippen LogP contribution in [0.4, 0.5) is 13.2 Å². The van der Waals surface area contributed by atoms with Crippen LogP contribution >= 0.6 is 0 Å². The molecule has 3 nitrogen and oxygen atoms in total. The summed E-state index contributed by atoms with van der Waals surface area (Å²) >= 11 is 0. The lowest BCUT2D eigenvalue weighted by molar-refractivity contribution is -0.141. The molecule has 0 spiro atoms. The first kappa shape index (κ1) is 15.4. The van der Waals surface area contributed by atoms with Gasteiger partial charge in [-0.05, 0) is 57.4 Å². The van der Waals surface area contributed by atoms with E-state index in [1.54, 1.807) is 19.9 Å². The second-order valence-electron chi connectivity index (χ2n) is 6.66. The van der Waals surface area contributed by atoms with E-state index in [1.165, 1.54) is 0 Å². The van der Waals surface area contributed by atoms with E-state index in [4.69, 9.17) is 0 Å². The molecule has 0 bridgehead atoms. The Bertz CT molecular complexity index is 571. The summed E-state index contributed by atoms with van der Waals surface area (Å²) in [4.78, 5) is 12.5. The molecule has 2 saturated carbocycles. The first-order valence-electron chi connectivity index (χ1n) is 7.80. The number of aryl methyl sites for hydroxylation is 1. The van der Waals surface area contributed by atoms with Crippen LogP contribution in [0.25, 0.3) is 0 Å². The van der Waals surface area contributed by atoms with E-state index in [2.05, 4.69) is 5.32 Å². The number of nitrogens with zero attached hydrogens (tertiary/aromatic N) is 1. The quantitative estimate of drug-likeness (QED) is 0.885. The summed E-state index contributed by atoms with van der Waals surface area (Å²) in [5.74, 6) is 0.899. The number of carbonyl (C=O) groups excluding carboxylic acids is 1. The maximum absolute atomic E-state index is 12.6. The van der Waals surface area contributed by atoms with Crippen molar-refractivity contribution >= 4 is 5.91 Å². The minimum atomic E-state index is -4.28. The van der Waals surface area contributed by atoms with E-state index in [-0.39, 0.29) is 11.9 Å². The summed E-state index contributed by atoms with van der Waals surface area (Å²) in [5, 5.41) is 3.07. The number of hydrogen-bond acceptors (Lipinski definition) is 1. The van der Waals surface area contributed by atoms with Crippen molar-refractivity contribution in [3.8, 4) is 0 Å². The Hall–Kier alpha value is -1.46. The van der Waals surface area contributed by atoms with Gasteiger partial charge in [0.1, 0.15) is 6.54 Å². The van der Waals surface area contributed by atoms with Crippen LogP contribution < -0.4 is 5.32 Å². The fraction of sp³-hybridized carbons (Fsp3) is 0.688. The Morgan fingerprint density at radius 2 is 1.82 bits per heavy atom. The topological polar surface area (TPSA) is 34.0 Å². The number of amides is 1. The van der Waals surface area contributed by atoms with Gasteiger partial charge in [-0.3, -0.25) is 4.79 Å². The minimum absolute atomic E-state index is 0.207. The largest absolute Gasteiger partial charge is 0.406 e. The lowest BCUT2D eigenvalue weighted by Crippen LogP contribution is -2.38. The summed E-state index contributed by atoms with van der Waals surface area (Å²) in [6.45, 7) is 2.14. The molecule has 0 saturated heterocycles. The maximum atomic E-state index is 12.6. The number of aromatic nitrogens is 1. The average Bonchev–Trinajstić information content (AvgIpc) is 3.29. The number of alkyl halides is 3. The standard InChI is InChI=1S/C16H21F3N2O/c1-9-7-13(10(2)21(9)8-16(17,18)19)15(22)20-14(11-3-4-11)12-5-6-12/h7,11-12,14H,3-6,8H2,1-2H3,(H,20,22). The van der Waals surface area contributed by atoms with Crippen LogP contribution in [0.1, 0.15) is 47.4 Å². The highest BCUT2D eigenvalue weighted by atomic mass is 19.4. The number of rotatable bonds is 5. The first-order chi connectivity index (χ1) is 10.3. The Morgan fingerprint density at radius 1 is 1.27 bits per heavy atom. The molecule has 0 aliphatic heterocycles. The molecule has 122 valence electrons. The van der Waals surface area contributed by atoms with Crippen molar-refractivity contribution in [2.45, 2.75) is 58.3 Å². The predicted octanol–water partition coefficient (Wildman–Crippen LogP) is 3.59. The smallest absolute Gasteiger partial charge is 0.349 e. The van der Waals surface area contributed by atoms with Crippen LogP contribution in [0.5, 0.6) is 0 Å². The van der Waals surface area contributed by atoms with Crippen LogP contribution in [-0.2, 0) is 6.54 Å². The van der Waals surface area contributed by atoms with Crippen LogP contribution in [0, 0.1) is 25.7 Å². The first-order valence-corrected chi connectivity index (χ1v) is 7.80. The molecule has 6 heteroatoms. The van der Waals surface area contributed by atoms with E-state index in [9.17, 15) is 18.0 Å². The van der Waals surface area contributed by atoms with Gasteiger partial charge in [0.15, 0.2) is 0 Å². The van der Waals surface area contributed by atoms with Crippen molar-refractivity contribution in [1.29, 1.82) is 0 Å². The summed E-state index contributed by atoms with van der Waals surface area (Å²) in [6, 6.07) is 1.77. The Labute approximate surface area is 127 Å². The van der Waals surface area contributed by atoms with E-state index in [0.717, 1.165) is 30.3 Å². The molecule has 1 N–H and O–H groups in total. The molecule has 1 heterocycles. The third-order valence-corrected chi connectivity index (χ3v) is 4.71. The molecule has 2 aliphatic rings. The maximum Gasteiger partial charge on any atom is 0.406 e. The predicted molar refractivity (Wildman–Crippen MR) is 76.7 cm³/mol. The van der Waals surface area contributed by atoms with E-state index in [1.807, 2.05) is 0 Å². The molecule has 0 aromatic carbocycles. The van der Waals surface area contributed by atoms with Crippen molar-refractivity contribution in [2.75, 3.05) is 0 Å². The van der Waals surface area contributed by atoms with Gasteiger partial charge >= 0.3 is 6.18 Å². The van der Waals surface area contributed by atoms with Gasteiger partial charge in [-0.2, -0.15) is 13.2 Å². The molecule has 0 radical (unpaired) electrons. The minimum Gasteiger partial charge on any atom is -0.349 e. The van der Waals surface area contributed by atoms with E-state index >= 15 is 0 Å². The third-order valence-electron chi connectivity index (χ3n) is 4.71. The summed E-state index contributed by atoms with van der Waals surface area (Å²) in [6.07, 6.45) is 0.305. The van der Waals surface area contributed by atoms with Crippen molar-refractivity contribution < 1.29 is 18.0 Å². The van der Waals surface area contributed by atoms with Crippen molar-refractivity contribution in [3.05, 3.63) is 23.0 Å². The molecule has 1 amide bonds. The monoisotopic (exact) mass is 314 g/mol. The zero-order chi connectivity index (χ0) is 16.1. The van der Waals surface area contributed by atoms with Gasteiger partial charge in [0.2, 0.25) is 0 Å². The van der Waals surface area contributed by atoms with E-state index in [0.29, 0.717) is 28.8 Å². The Kier molecular flexibility index (Phi) is 3.73. The van der Waals surface area contributed by atoms with Gasteiger partial charge in [0.05, 0.1) is 5.56 Å². The van der Waals surface area contributed by atoms with Gasteiger partial charge in [0, 0.05) is 17.4 Å². The lowest BCUT2D eigenvalue weighted by atomic mass is 10.1. The number of nitrogens with one attached hydrogen (secondary N) is 1. The normalized spacial score (nSPS) is 18.8. The Balaban J connectivity index is 1.76. The van der Waals surface area contributed by atoms with Gasteiger partial charge in [0.25, 0.3) is 5.91 Å². The van der Waals surface area contributed by atoms with Gasteiger partial charge in [-0.25, -0.2) is 0 Å². The molecular formula is C16H21F3N2O. The second-order valence-corrected chi connectivity index (χ2v) is 6.66. The van der Waals surface area contributed by atoms with Crippen LogP contribution in [0.15, 0.2) is 6.07 Å². The van der Waals surface area contributed by atoms with Crippen molar-refractivity contribution in [1.82, 2.24) is 9.88 Å². The molecule has 3 rings (SSSR count). The molecule has 1 aromatic heterocycles. The molecule has 22 heavy (non-hydrogen) atoms. The highest BCUT2D eigenvalue weighted by molar-refractivity contribution is 5.96. The molecule has 0 atom stereocenters. The Morgan fingerprint density at radius 3 is 2.27 bits per heavy atom. The fourth-order valence-electron chi connectivity index (χ4n) is 3.21. The zero-order valence-electron chi connectivity index (χ0n) is 12.8. The van der Waals surface area contributed by atoms with Crippen LogP contribution in [0.2, 0.25) is 0 Å². The van der Waals surface area contributed by atoms with Crippen LogP contribution in [0.3, 0.4) is 0 Å². The third kappa shape index (κ3) is 3.31. The highest BCUT2D eigenvalue weighted by Gasteiger charge is 2.42.